The third kappa shape index (κ3) is 1.17. The summed E-state index contributed by atoms with van der Waals surface area (Å²) < 4.78 is 5.63. The van der Waals surface area contributed by atoms with Gasteiger partial charge in [0.25, 0.3) is 0 Å². The van der Waals surface area contributed by atoms with Crippen molar-refractivity contribution >= 4 is 16.8 Å². The second kappa shape index (κ2) is 2.45. The zero-order valence-electron chi connectivity index (χ0n) is 8.45. The van der Waals surface area contributed by atoms with Crippen molar-refractivity contribution in [1.29, 1.82) is 0 Å². The van der Waals surface area contributed by atoms with Gasteiger partial charge in [-0.25, -0.2) is 4.98 Å². The lowest BCUT2D eigenvalue weighted by molar-refractivity contribution is 0.474. The molecule has 3 rings (SSSR count). The third-order valence-electron chi connectivity index (χ3n) is 3.05. The molecule has 1 aromatic carbocycles. The Morgan fingerprint density at radius 3 is 2.87 bits per heavy atom. The van der Waals surface area contributed by atoms with Crippen LogP contribution in [0.1, 0.15) is 25.7 Å². The van der Waals surface area contributed by atoms with Gasteiger partial charge < -0.3 is 15.3 Å². The van der Waals surface area contributed by atoms with Crippen molar-refractivity contribution in [1.82, 2.24) is 4.98 Å². The second-order valence-electron chi connectivity index (χ2n) is 4.46. The largest absolute Gasteiger partial charge is 0.506 e. The number of nitrogens with two attached hydrogens (primary N) is 1. The topological polar surface area (TPSA) is 72.3 Å². The molecule has 1 aromatic heterocycles. The summed E-state index contributed by atoms with van der Waals surface area (Å²) in [5.74, 6) is 0.811. The highest BCUT2D eigenvalue weighted by molar-refractivity contribution is 5.80. The number of phenolic OH excluding ortho intramolecular Hbond substituents is 1. The maximum atomic E-state index is 9.44. The predicted octanol–water partition coefficient (Wildman–Crippen LogP) is 2.17. The fraction of sp³-hybridized carbons (Fsp3) is 0.364. The van der Waals surface area contributed by atoms with E-state index in [2.05, 4.69) is 11.9 Å². The zero-order chi connectivity index (χ0) is 10.6. The maximum absolute atomic E-state index is 9.44. The molecule has 4 nitrogen and oxygen atoms in total. The van der Waals surface area contributed by atoms with Crippen LogP contribution in [0.2, 0.25) is 0 Å². The van der Waals surface area contributed by atoms with E-state index in [-0.39, 0.29) is 11.2 Å². The molecular formula is C11H12N2O2. The Hall–Kier alpha value is -1.71. The quantitative estimate of drug-likeness (QED) is 0.551. The van der Waals surface area contributed by atoms with E-state index in [1.807, 2.05) is 0 Å². The summed E-state index contributed by atoms with van der Waals surface area (Å²) >= 11 is 0. The smallest absolute Gasteiger partial charge is 0.201 e. The Bertz CT molecular complexity index is 502. The number of phenols is 1. The maximum Gasteiger partial charge on any atom is 0.201 e. The number of fused-ring (bicyclic) bond motifs is 1. The first-order chi connectivity index (χ1) is 7.08. The predicted molar refractivity (Wildman–Crippen MR) is 56.7 cm³/mol. The zero-order valence-corrected chi connectivity index (χ0v) is 8.45. The number of hydrogen-bond acceptors (Lipinski definition) is 4. The molecule has 78 valence electrons. The van der Waals surface area contributed by atoms with Gasteiger partial charge in [-0.1, -0.05) is 6.92 Å². The van der Waals surface area contributed by atoms with E-state index in [1.165, 1.54) is 0 Å². The molecule has 1 saturated carbocycles. The standard InChI is InChI=1S/C11H12N2O2/c1-11(2-3-11)10-13-7-5-8(14)6(12)4-9(7)15-10/h4-5,14H,2-3,12H2,1H3. The van der Waals surface area contributed by atoms with E-state index in [4.69, 9.17) is 10.2 Å². The number of nitrogens with zero attached hydrogens (tertiary/aromatic N) is 1. The first-order valence-corrected chi connectivity index (χ1v) is 4.98. The lowest BCUT2D eigenvalue weighted by atomic mass is 10.1. The van der Waals surface area contributed by atoms with Gasteiger partial charge in [0.1, 0.15) is 11.3 Å². The van der Waals surface area contributed by atoms with E-state index in [0.29, 0.717) is 16.8 Å². The first kappa shape index (κ1) is 8.59. The van der Waals surface area contributed by atoms with Crippen molar-refractivity contribution in [2.24, 2.45) is 0 Å². The van der Waals surface area contributed by atoms with Crippen LogP contribution in [0, 0.1) is 0 Å². The van der Waals surface area contributed by atoms with Crippen LogP contribution >= 0.6 is 0 Å². The normalized spacial score (nSPS) is 18.2. The SMILES string of the molecule is CC1(c2nc3cc(O)c(N)cc3o2)CC1. The van der Waals surface area contributed by atoms with E-state index >= 15 is 0 Å². The average Bonchev–Trinajstić information content (AvgIpc) is 2.78. The summed E-state index contributed by atoms with van der Waals surface area (Å²) in [5, 5.41) is 9.44. The minimum absolute atomic E-state index is 0.0586. The number of aromatic hydroxyl groups is 1. The Morgan fingerprint density at radius 1 is 1.47 bits per heavy atom. The van der Waals surface area contributed by atoms with Gasteiger partial charge in [-0.3, -0.25) is 0 Å². The number of aromatic nitrogens is 1. The van der Waals surface area contributed by atoms with E-state index in [9.17, 15) is 5.11 Å². The van der Waals surface area contributed by atoms with Gasteiger partial charge in [-0.05, 0) is 12.8 Å². The molecule has 0 spiro atoms. The highest BCUT2D eigenvalue weighted by Gasteiger charge is 2.43. The fourth-order valence-corrected chi connectivity index (χ4v) is 1.64. The van der Waals surface area contributed by atoms with Gasteiger partial charge in [-0.15, -0.1) is 0 Å². The molecular weight excluding hydrogens is 192 g/mol. The van der Waals surface area contributed by atoms with Crippen molar-refractivity contribution in [2.75, 3.05) is 5.73 Å². The summed E-state index contributed by atoms with van der Waals surface area (Å²) in [5.41, 5.74) is 7.33. The molecule has 0 radical (unpaired) electrons. The fourth-order valence-electron chi connectivity index (χ4n) is 1.64. The van der Waals surface area contributed by atoms with Gasteiger partial charge in [0, 0.05) is 17.5 Å². The van der Waals surface area contributed by atoms with Crippen LogP contribution in [0.4, 0.5) is 5.69 Å². The second-order valence-corrected chi connectivity index (χ2v) is 4.46. The molecule has 1 aliphatic rings. The Morgan fingerprint density at radius 2 is 2.20 bits per heavy atom. The van der Waals surface area contributed by atoms with Crippen LogP contribution in [-0.4, -0.2) is 10.1 Å². The van der Waals surface area contributed by atoms with Crippen molar-refractivity contribution in [3.8, 4) is 5.75 Å². The number of benzene rings is 1. The van der Waals surface area contributed by atoms with Crippen molar-refractivity contribution in [2.45, 2.75) is 25.2 Å². The molecule has 0 bridgehead atoms. The molecule has 2 aromatic rings. The van der Waals surface area contributed by atoms with Crippen LogP contribution in [-0.2, 0) is 5.41 Å². The minimum Gasteiger partial charge on any atom is -0.506 e. The third-order valence-corrected chi connectivity index (χ3v) is 3.05. The number of nitrogen functional groups attached to an aromatic ring is 1. The van der Waals surface area contributed by atoms with Gasteiger partial charge >= 0.3 is 0 Å². The summed E-state index contributed by atoms with van der Waals surface area (Å²) in [6.07, 6.45) is 2.22. The molecule has 3 N–H and O–H groups in total. The van der Waals surface area contributed by atoms with Crippen molar-refractivity contribution in [3.63, 3.8) is 0 Å². The average molecular weight is 204 g/mol. The summed E-state index contributed by atoms with van der Waals surface area (Å²) in [6, 6.07) is 3.16. The number of rotatable bonds is 1. The highest BCUT2D eigenvalue weighted by Crippen LogP contribution is 2.48. The molecule has 1 fully saturated rings. The van der Waals surface area contributed by atoms with Crippen molar-refractivity contribution < 1.29 is 9.52 Å². The van der Waals surface area contributed by atoms with Gasteiger partial charge in [0.2, 0.25) is 5.89 Å². The monoisotopic (exact) mass is 204 g/mol. The molecule has 4 heteroatoms. The van der Waals surface area contributed by atoms with Crippen LogP contribution in [0.3, 0.4) is 0 Å². The summed E-state index contributed by atoms with van der Waals surface area (Å²) in [4.78, 5) is 4.37. The van der Waals surface area contributed by atoms with Crippen LogP contribution < -0.4 is 5.73 Å². The van der Waals surface area contributed by atoms with Gasteiger partial charge in [-0.2, -0.15) is 0 Å². The summed E-state index contributed by atoms with van der Waals surface area (Å²) in [6.45, 7) is 2.13. The molecule has 0 saturated heterocycles. The molecule has 0 unspecified atom stereocenters. The van der Waals surface area contributed by atoms with Crippen molar-refractivity contribution in [3.05, 3.63) is 18.0 Å². The number of oxazole rings is 1. The lowest BCUT2D eigenvalue weighted by Crippen LogP contribution is -1.98. The van der Waals surface area contributed by atoms with E-state index in [0.717, 1.165) is 18.7 Å². The Kier molecular flexibility index (Phi) is 1.40. The van der Waals surface area contributed by atoms with Gasteiger partial charge in [0.15, 0.2) is 5.58 Å². The highest BCUT2D eigenvalue weighted by atomic mass is 16.4. The molecule has 0 amide bonds. The van der Waals surface area contributed by atoms with E-state index in [1.54, 1.807) is 12.1 Å². The Balaban J connectivity index is 2.22. The molecule has 1 aliphatic carbocycles. The lowest BCUT2D eigenvalue weighted by Gasteiger charge is -1.98. The molecule has 0 aliphatic heterocycles. The Labute approximate surface area is 86.7 Å². The van der Waals surface area contributed by atoms with Crippen LogP contribution in [0.5, 0.6) is 5.75 Å². The molecule has 0 atom stereocenters. The van der Waals surface area contributed by atoms with Gasteiger partial charge in [0.05, 0.1) is 5.69 Å². The number of hydrogen-bond donors (Lipinski definition) is 2. The van der Waals surface area contributed by atoms with Crippen LogP contribution in [0.25, 0.3) is 11.1 Å². The van der Waals surface area contributed by atoms with E-state index < -0.39 is 0 Å². The first-order valence-electron chi connectivity index (χ1n) is 4.98. The molecule has 15 heavy (non-hydrogen) atoms. The number of anilines is 1. The van der Waals surface area contributed by atoms with Crippen LogP contribution in [0.15, 0.2) is 16.5 Å². The summed E-state index contributed by atoms with van der Waals surface area (Å²) in [7, 11) is 0. The molecule has 1 heterocycles. The minimum atomic E-state index is 0.0586.